The summed E-state index contributed by atoms with van der Waals surface area (Å²) in [6, 6.07) is 20.2. The van der Waals surface area contributed by atoms with Crippen molar-refractivity contribution in [2.75, 3.05) is 0 Å². The average Bonchev–Trinajstić information content (AvgIpc) is 3.26. The molecule has 0 aliphatic rings. The molecule has 4 aromatic rings. The number of aromatic nitrogens is 2. The first-order chi connectivity index (χ1) is 15.9. The lowest BCUT2D eigenvalue weighted by molar-refractivity contribution is -0.120. The molecule has 33 heavy (non-hydrogen) atoms. The first-order valence-corrected chi connectivity index (χ1v) is 12.7. The van der Waals surface area contributed by atoms with E-state index in [1.807, 2.05) is 67.8 Å². The zero-order valence-electron chi connectivity index (χ0n) is 18.9. The lowest BCUT2D eigenvalue weighted by atomic mass is 10.1. The Morgan fingerprint density at radius 2 is 1.76 bits per heavy atom. The number of carbonyl (C=O) groups is 1. The molecule has 0 spiro atoms. The Bertz CT molecular complexity index is 1300. The Morgan fingerprint density at radius 3 is 2.45 bits per heavy atom. The van der Waals surface area contributed by atoms with Gasteiger partial charge in [-0.05, 0) is 37.8 Å². The van der Waals surface area contributed by atoms with Gasteiger partial charge in [0.15, 0.2) is 5.16 Å². The van der Waals surface area contributed by atoms with Crippen LogP contribution in [0.5, 0.6) is 0 Å². The number of aryl methyl sites for hydroxylation is 1. The zero-order valence-corrected chi connectivity index (χ0v) is 20.6. The van der Waals surface area contributed by atoms with Gasteiger partial charge in [0.25, 0.3) is 5.56 Å². The molecule has 2 heterocycles. The molecular weight excluding hydrogens is 450 g/mol. The van der Waals surface area contributed by atoms with Crippen LogP contribution in [0.2, 0.25) is 0 Å². The summed E-state index contributed by atoms with van der Waals surface area (Å²) in [5.74, 6) is -0.0499. The Balaban J connectivity index is 1.45. The summed E-state index contributed by atoms with van der Waals surface area (Å²) < 4.78 is 1.55. The van der Waals surface area contributed by atoms with Crippen molar-refractivity contribution in [3.05, 3.63) is 82.0 Å². The number of thioether (sulfide) groups is 1. The van der Waals surface area contributed by atoms with Gasteiger partial charge in [-0.2, -0.15) is 0 Å². The summed E-state index contributed by atoms with van der Waals surface area (Å²) in [7, 11) is 1.72. The second-order valence-electron chi connectivity index (χ2n) is 8.15. The number of amides is 1. The molecule has 2 atom stereocenters. The molecule has 0 radical (unpaired) electrons. The number of hydrogen-bond donors (Lipinski definition) is 1. The number of benzene rings is 2. The average molecular weight is 478 g/mol. The van der Waals surface area contributed by atoms with Gasteiger partial charge in [-0.25, -0.2) is 4.98 Å². The van der Waals surface area contributed by atoms with E-state index in [0.29, 0.717) is 15.4 Å². The highest BCUT2D eigenvalue weighted by molar-refractivity contribution is 8.00. The van der Waals surface area contributed by atoms with Gasteiger partial charge >= 0.3 is 0 Å². The van der Waals surface area contributed by atoms with Crippen molar-refractivity contribution >= 4 is 39.2 Å². The molecule has 1 amide bonds. The van der Waals surface area contributed by atoms with Crippen molar-refractivity contribution in [1.29, 1.82) is 0 Å². The van der Waals surface area contributed by atoms with Crippen molar-refractivity contribution in [3.63, 3.8) is 0 Å². The predicted molar refractivity (Wildman–Crippen MR) is 138 cm³/mol. The summed E-state index contributed by atoms with van der Waals surface area (Å²) >= 11 is 2.77. The van der Waals surface area contributed by atoms with Crippen molar-refractivity contribution in [2.45, 2.75) is 43.1 Å². The van der Waals surface area contributed by atoms with Gasteiger partial charge in [0, 0.05) is 24.0 Å². The number of thiophene rings is 1. The van der Waals surface area contributed by atoms with E-state index < -0.39 is 0 Å². The van der Waals surface area contributed by atoms with E-state index >= 15 is 0 Å². The molecule has 0 aliphatic carbocycles. The lowest BCUT2D eigenvalue weighted by Gasteiger charge is -2.18. The fourth-order valence-electron chi connectivity index (χ4n) is 3.66. The van der Waals surface area contributed by atoms with Crippen molar-refractivity contribution in [2.24, 2.45) is 7.05 Å². The number of hydrogen-bond acceptors (Lipinski definition) is 5. The molecule has 1 N–H and O–H groups in total. The fraction of sp³-hybridized carbons (Fsp3) is 0.269. The molecule has 170 valence electrons. The largest absolute Gasteiger partial charge is 0.353 e. The van der Waals surface area contributed by atoms with Crippen LogP contribution in [0.4, 0.5) is 0 Å². The van der Waals surface area contributed by atoms with Gasteiger partial charge in [-0.15, -0.1) is 11.3 Å². The Hall–Kier alpha value is -2.90. The highest BCUT2D eigenvalue weighted by Crippen LogP contribution is 2.32. The Labute approximate surface area is 201 Å². The molecule has 2 aromatic carbocycles. The minimum absolute atomic E-state index is 0.0499. The molecule has 0 saturated heterocycles. The van der Waals surface area contributed by atoms with Crippen LogP contribution in [0, 0.1) is 0 Å². The normalized spacial score (nSPS) is 13.1. The fourth-order valence-corrected chi connectivity index (χ4v) is 5.53. The van der Waals surface area contributed by atoms with E-state index in [1.54, 1.807) is 11.6 Å². The summed E-state index contributed by atoms with van der Waals surface area (Å²) in [5, 5.41) is 5.89. The van der Waals surface area contributed by atoms with Crippen LogP contribution >= 0.6 is 23.1 Å². The first kappa shape index (κ1) is 23.3. The van der Waals surface area contributed by atoms with Crippen LogP contribution in [0.3, 0.4) is 0 Å². The van der Waals surface area contributed by atoms with E-state index in [-0.39, 0.29) is 22.8 Å². The summed E-state index contributed by atoms with van der Waals surface area (Å²) in [4.78, 5) is 31.4. The molecule has 4 rings (SSSR count). The molecule has 0 bridgehead atoms. The molecule has 2 aromatic heterocycles. The summed E-state index contributed by atoms with van der Waals surface area (Å²) in [6.45, 7) is 3.87. The van der Waals surface area contributed by atoms with Crippen molar-refractivity contribution < 1.29 is 4.79 Å². The third-order valence-corrected chi connectivity index (χ3v) is 7.62. The molecular formula is C26H27N3O2S2. The molecule has 5 nitrogen and oxygen atoms in total. The lowest BCUT2D eigenvalue weighted by Crippen LogP contribution is -2.38. The standard InChI is InChI=1S/C26H27N3O2S2/c1-17(14-15-19-10-6-4-7-11-19)27-23(30)18(2)33-26-28-24-22(25(31)29(26)3)21(16-32-24)20-12-8-5-9-13-20/h4-13,16-18H,14-15H2,1-3H3,(H,27,30)/t17-,18-/m1/s1. The highest BCUT2D eigenvalue weighted by Gasteiger charge is 2.21. The molecule has 7 heteroatoms. The molecule has 0 unspecified atom stereocenters. The van der Waals surface area contributed by atoms with Crippen LogP contribution in [-0.2, 0) is 18.3 Å². The maximum Gasteiger partial charge on any atom is 0.263 e. The quantitative estimate of drug-likeness (QED) is 0.277. The Kier molecular flexibility index (Phi) is 7.30. The number of rotatable bonds is 8. The number of fused-ring (bicyclic) bond motifs is 1. The molecule has 0 saturated carbocycles. The minimum Gasteiger partial charge on any atom is -0.353 e. The second-order valence-corrected chi connectivity index (χ2v) is 10.3. The third kappa shape index (κ3) is 5.37. The van der Waals surface area contributed by atoms with Crippen LogP contribution in [0.25, 0.3) is 21.3 Å². The van der Waals surface area contributed by atoms with Crippen LogP contribution < -0.4 is 10.9 Å². The van der Waals surface area contributed by atoms with Crippen molar-refractivity contribution in [3.8, 4) is 11.1 Å². The van der Waals surface area contributed by atoms with Gasteiger partial charge in [-0.1, -0.05) is 72.4 Å². The monoisotopic (exact) mass is 477 g/mol. The number of nitrogens with zero attached hydrogens (tertiary/aromatic N) is 2. The van der Waals surface area contributed by atoms with Gasteiger partial charge in [0.2, 0.25) is 5.91 Å². The van der Waals surface area contributed by atoms with Crippen LogP contribution in [0.1, 0.15) is 25.8 Å². The molecule has 0 aliphatic heterocycles. The van der Waals surface area contributed by atoms with E-state index in [2.05, 4.69) is 17.4 Å². The SMILES string of the molecule is C[C@H](CCc1ccccc1)NC(=O)[C@@H](C)Sc1nc2scc(-c3ccccc3)c2c(=O)n1C. The first-order valence-electron chi connectivity index (χ1n) is 11.0. The zero-order chi connectivity index (χ0) is 23.4. The topological polar surface area (TPSA) is 64.0 Å². The van der Waals surface area contributed by atoms with E-state index in [9.17, 15) is 9.59 Å². The third-order valence-electron chi connectivity index (χ3n) is 5.61. The maximum absolute atomic E-state index is 13.2. The number of nitrogens with one attached hydrogen (secondary N) is 1. The van der Waals surface area contributed by atoms with E-state index in [4.69, 9.17) is 4.98 Å². The molecule has 0 fully saturated rings. The summed E-state index contributed by atoms with van der Waals surface area (Å²) in [6.07, 6.45) is 1.78. The van der Waals surface area contributed by atoms with Crippen molar-refractivity contribution in [1.82, 2.24) is 14.9 Å². The van der Waals surface area contributed by atoms with E-state index in [0.717, 1.165) is 24.0 Å². The van der Waals surface area contributed by atoms with Crippen LogP contribution in [-0.4, -0.2) is 26.8 Å². The predicted octanol–water partition coefficient (Wildman–Crippen LogP) is 5.28. The maximum atomic E-state index is 13.2. The van der Waals surface area contributed by atoms with Crippen LogP contribution in [0.15, 0.2) is 76.0 Å². The smallest absolute Gasteiger partial charge is 0.263 e. The minimum atomic E-state index is -0.367. The van der Waals surface area contributed by atoms with E-state index in [1.165, 1.54) is 28.7 Å². The van der Waals surface area contributed by atoms with Gasteiger partial charge in [-0.3, -0.25) is 14.2 Å². The van der Waals surface area contributed by atoms with Gasteiger partial charge in [0.05, 0.1) is 10.6 Å². The Morgan fingerprint density at radius 1 is 1.09 bits per heavy atom. The van der Waals surface area contributed by atoms with Gasteiger partial charge < -0.3 is 5.32 Å². The summed E-state index contributed by atoms with van der Waals surface area (Å²) in [5.41, 5.74) is 3.07. The van der Waals surface area contributed by atoms with Gasteiger partial charge in [0.1, 0.15) is 4.83 Å². The highest BCUT2D eigenvalue weighted by atomic mass is 32.2. The second kappa shape index (κ2) is 10.4. The number of carbonyl (C=O) groups excluding carboxylic acids is 1.